The van der Waals surface area contributed by atoms with Crippen molar-refractivity contribution in [2.24, 2.45) is 5.73 Å². The number of amides is 4. The molecular weight excluding hydrogens is 803 g/mol. The Hall–Kier alpha value is -3.38. The van der Waals surface area contributed by atoms with Gasteiger partial charge in [-0.2, -0.15) is 0 Å². The van der Waals surface area contributed by atoms with Crippen LogP contribution in [0.1, 0.15) is 168 Å². The van der Waals surface area contributed by atoms with Gasteiger partial charge in [-0.25, -0.2) is 4.79 Å². The molecule has 0 radical (unpaired) electrons. The third-order valence-corrected chi connectivity index (χ3v) is 10.8. The lowest BCUT2D eigenvalue weighted by atomic mass is 9.88. The average Bonchev–Trinajstić information content (AvgIpc) is 3.24. The van der Waals surface area contributed by atoms with Crippen molar-refractivity contribution < 1.29 is 57.9 Å². The van der Waals surface area contributed by atoms with E-state index in [1.807, 2.05) is 0 Å². The second-order valence-electron chi connectivity index (χ2n) is 16.1. The quantitative estimate of drug-likeness (QED) is 0.0391. The van der Waals surface area contributed by atoms with Gasteiger partial charge in [0.25, 0.3) is 0 Å². The number of carbonyl (C=O) groups excluding carboxylic acids is 4. The molecule has 0 bridgehead atoms. The Balaban J connectivity index is 3.65. The summed E-state index contributed by atoms with van der Waals surface area (Å²) in [6.07, 6.45) is 21.5. The van der Waals surface area contributed by atoms with E-state index in [-0.39, 0.29) is 108 Å². The summed E-state index contributed by atoms with van der Waals surface area (Å²) >= 11 is 0. The van der Waals surface area contributed by atoms with Crippen LogP contribution in [0.4, 0.5) is 0 Å². The van der Waals surface area contributed by atoms with Crippen molar-refractivity contribution in [2.75, 3.05) is 72.5 Å². The molecule has 0 aliphatic carbocycles. The summed E-state index contributed by atoms with van der Waals surface area (Å²) in [7, 11) is 0. The molecule has 0 spiro atoms. The van der Waals surface area contributed by atoms with Crippen molar-refractivity contribution in [3.8, 4) is 0 Å². The lowest BCUT2D eigenvalue weighted by Crippen LogP contribution is -2.41. The van der Waals surface area contributed by atoms with Gasteiger partial charge in [-0.05, 0) is 44.9 Å². The Kier molecular flexibility index (Phi) is 39.4. The van der Waals surface area contributed by atoms with Gasteiger partial charge in [-0.1, -0.05) is 104 Å². The number of carbonyl (C=O) groups is 6. The van der Waals surface area contributed by atoms with Crippen LogP contribution in [0.2, 0.25) is 0 Å². The van der Waals surface area contributed by atoms with Crippen molar-refractivity contribution in [1.29, 1.82) is 0 Å². The third kappa shape index (κ3) is 39.5. The fraction of sp³-hybridized carbons (Fsp3) is 0.867. The molecule has 4 amide bonds. The van der Waals surface area contributed by atoms with Gasteiger partial charge < -0.3 is 56.2 Å². The molecule has 0 saturated carbocycles. The third-order valence-electron chi connectivity index (χ3n) is 10.8. The number of nitrogens with two attached hydrogens (primary N) is 1. The summed E-state index contributed by atoms with van der Waals surface area (Å²) in [6.45, 7) is 6.64. The number of nitrogens with one attached hydrogen (secondary N) is 4. The first-order chi connectivity index (χ1) is 29.9. The highest BCUT2D eigenvalue weighted by atomic mass is 16.5. The molecule has 0 aliphatic heterocycles. The molecule has 1 unspecified atom stereocenters. The second kappa shape index (κ2) is 41.6. The summed E-state index contributed by atoms with van der Waals surface area (Å²) in [5.74, 6) is -3.03. The highest BCUT2D eigenvalue weighted by Gasteiger charge is 2.21. The first kappa shape index (κ1) is 58.6. The lowest BCUT2D eigenvalue weighted by molar-refractivity contribution is -0.142. The Morgan fingerprint density at radius 3 is 1.37 bits per heavy atom. The van der Waals surface area contributed by atoms with E-state index in [9.17, 15) is 33.9 Å². The minimum absolute atomic E-state index is 0.0205. The predicted molar refractivity (Wildman–Crippen MR) is 239 cm³/mol. The smallest absolute Gasteiger partial charge is 0.326 e. The molecule has 0 heterocycles. The topological polar surface area (TPSA) is 254 Å². The SMILES string of the molecule is CCC(N)(CC)CCCCCNC(=O)COCCOCCNC(=O)COCCOCCNC(=O)CCC(NC(=O)CCCCCCCCCCCCCCCCC(=O)O)C(=O)O. The zero-order valence-corrected chi connectivity index (χ0v) is 38.4. The largest absolute Gasteiger partial charge is 0.481 e. The van der Waals surface area contributed by atoms with Gasteiger partial charge in [0.15, 0.2) is 0 Å². The van der Waals surface area contributed by atoms with Crippen molar-refractivity contribution >= 4 is 35.6 Å². The number of ether oxygens (including phenoxy) is 4. The van der Waals surface area contributed by atoms with Crippen molar-refractivity contribution in [3.63, 3.8) is 0 Å². The first-order valence-corrected chi connectivity index (χ1v) is 23.6. The molecule has 0 aromatic carbocycles. The summed E-state index contributed by atoms with van der Waals surface area (Å²) in [6, 6.07) is -1.14. The van der Waals surface area contributed by atoms with E-state index >= 15 is 0 Å². The van der Waals surface area contributed by atoms with Gasteiger partial charge >= 0.3 is 11.9 Å². The van der Waals surface area contributed by atoms with Crippen LogP contribution >= 0.6 is 0 Å². The van der Waals surface area contributed by atoms with Crippen LogP contribution in [0.25, 0.3) is 0 Å². The van der Waals surface area contributed by atoms with Crippen LogP contribution in [-0.4, -0.2) is 130 Å². The van der Waals surface area contributed by atoms with E-state index in [0.717, 1.165) is 77.0 Å². The maximum atomic E-state index is 12.3. The Morgan fingerprint density at radius 2 is 0.903 bits per heavy atom. The number of aliphatic carboxylic acids is 2. The maximum Gasteiger partial charge on any atom is 0.326 e. The van der Waals surface area contributed by atoms with Crippen molar-refractivity contribution in [2.45, 2.75) is 180 Å². The monoisotopic (exact) mass is 888 g/mol. The van der Waals surface area contributed by atoms with E-state index in [0.29, 0.717) is 26.1 Å². The van der Waals surface area contributed by atoms with Crippen molar-refractivity contribution in [1.82, 2.24) is 21.3 Å². The summed E-state index contributed by atoms with van der Waals surface area (Å²) < 4.78 is 21.4. The molecule has 17 heteroatoms. The van der Waals surface area contributed by atoms with Crippen LogP contribution in [0.5, 0.6) is 0 Å². The number of rotatable bonds is 46. The fourth-order valence-corrected chi connectivity index (χ4v) is 6.58. The second-order valence-corrected chi connectivity index (χ2v) is 16.1. The van der Waals surface area contributed by atoms with E-state index < -0.39 is 18.0 Å². The van der Waals surface area contributed by atoms with Gasteiger partial charge in [0, 0.05) is 44.4 Å². The Labute approximate surface area is 371 Å². The summed E-state index contributed by atoms with van der Waals surface area (Å²) in [5, 5.41) is 28.9. The van der Waals surface area contributed by atoms with Gasteiger partial charge in [0.2, 0.25) is 23.6 Å². The maximum absolute atomic E-state index is 12.3. The van der Waals surface area contributed by atoms with Crippen molar-refractivity contribution in [3.05, 3.63) is 0 Å². The van der Waals surface area contributed by atoms with Crippen LogP contribution in [0.15, 0.2) is 0 Å². The standard InChI is InChI=1S/C45H85N5O12/c1-3-45(46,4-2)26-20-17-21-27-47-41(53)36-61-34-33-60-31-29-49-42(54)37-62-35-32-59-30-28-48-39(51)25-24-38(44(57)58)50-40(52)22-18-15-13-11-9-7-5-6-8-10-12-14-16-19-23-43(55)56/h38H,3-37,46H2,1-2H3,(H,47,53)(H,48,51)(H,49,54)(H,50,52)(H,55,56)(H,57,58). The lowest BCUT2D eigenvalue weighted by Gasteiger charge is -2.26. The highest BCUT2D eigenvalue weighted by molar-refractivity contribution is 5.84. The Bertz CT molecular complexity index is 1170. The Morgan fingerprint density at radius 1 is 0.484 bits per heavy atom. The van der Waals surface area contributed by atoms with E-state index in [1.165, 1.54) is 44.9 Å². The molecule has 0 fully saturated rings. The van der Waals surface area contributed by atoms with Crippen LogP contribution in [0, 0.1) is 0 Å². The zero-order valence-electron chi connectivity index (χ0n) is 38.4. The van der Waals surface area contributed by atoms with Crippen LogP contribution < -0.4 is 27.0 Å². The molecule has 1 atom stereocenters. The van der Waals surface area contributed by atoms with E-state index in [4.69, 9.17) is 29.8 Å². The minimum atomic E-state index is -1.18. The van der Waals surface area contributed by atoms with E-state index in [2.05, 4.69) is 35.1 Å². The normalized spacial score (nSPS) is 11.9. The van der Waals surface area contributed by atoms with Gasteiger partial charge in [-0.15, -0.1) is 0 Å². The van der Waals surface area contributed by atoms with E-state index in [1.54, 1.807) is 0 Å². The molecular formula is C45H85N5O12. The molecule has 17 nitrogen and oxygen atoms in total. The molecule has 0 rings (SSSR count). The molecule has 62 heavy (non-hydrogen) atoms. The minimum Gasteiger partial charge on any atom is -0.481 e. The number of hydrogen-bond acceptors (Lipinski definition) is 11. The first-order valence-electron chi connectivity index (χ1n) is 23.6. The predicted octanol–water partition coefficient (Wildman–Crippen LogP) is 5.16. The highest BCUT2D eigenvalue weighted by Crippen LogP contribution is 2.19. The number of unbranched alkanes of at least 4 members (excludes halogenated alkanes) is 15. The summed E-state index contributed by atoms with van der Waals surface area (Å²) in [4.78, 5) is 70.5. The molecule has 0 saturated heterocycles. The van der Waals surface area contributed by atoms with Crippen LogP contribution in [0.3, 0.4) is 0 Å². The van der Waals surface area contributed by atoms with Gasteiger partial charge in [0.05, 0.1) is 39.6 Å². The molecule has 362 valence electrons. The number of hydrogen-bond donors (Lipinski definition) is 7. The average molecular weight is 888 g/mol. The fourth-order valence-electron chi connectivity index (χ4n) is 6.58. The molecule has 0 aromatic heterocycles. The zero-order chi connectivity index (χ0) is 45.9. The van der Waals surface area contributed by atoms with Gasteiger partial charge in [-0.3, -0.25) is 24.0 Å². The molecule has 0 aromatic rings. The van der Waals surface area contributed by atoms with Gasteiger partial charge in [0.1, 0.15) is 19.3 Å². The number of carboxylic acids is 2. The summed E-state index contributed by atoms with van der Waals surface area (Å²) in [5.41, 5.74) is 6.25. The number of carboxylic acid groups (broad SMARTS) is 2. The molecule has 0 aliphatic rings. The molecule has 8 N–H and O–H groups in total. The van der Waals surface area contributed by atoms with Crippen LogP contribution in [-0.2, 0) is 47.7 Å².